The van der Waals surface area contributed by atoms with Crippen LogP contribution in [0, 0.1) is 13.8 Å². The number of nitrogens with zero attached hydrogens (tertiary/aromatic N) is 4. The summed E-state index contributed by atoms with van der Waals surface area (Å²) in [4.78, 5) is 11.9. The Labute approximate surface area is 150 Å². The van der Waals surface area contributed by atoms with Crippen molar-refractivity contribution in [2.75, 3.05) is 12.4 Å². The molecule has 0 bridgehead atoms. The van der Waals surface area contributed by atoms with E-state index in [1.165, 1.54) is 22.9 Å². The molecule has 0 saturated heterocycles. The Balaban J connectivity index is 1.57. The van der Waals surface area contributed by atoms with Crippen molar-refractivity contribution in [3.8, 4) is 5.69 Å². The maximum Gasteiger partial charge on any atom is 0.338 e. The zero-order chi connectivity index (χ0) is 17.6. The van der Waals surface area contributed by atoms with Gasteiger partial charge in [-0.25, -0.2) is 4.79 Å². The number of aryl methyl sites for hydroxylation is 2. The Bertz CT molecular complexity index is 865. The SMILES string of the molecule is Cc1ccc(-n2nnnc2SCCOC(=O)c2ccccc2)cc1C. The first kappa shape index (κ1) is 17.2. The van der Waals surface area contributed by atoms with Crippen molar-refractivity contribution in [2.24, 2.45) is 0 Å². The number of rotatable bonds is 6. The second kappa shape index (κ2) is 7.94. The Hall–Kier alpha value is -2.67. The van der Waals surface area contributed by atoms with Crippen LogP contribution in [-0.4, -0.2) is 38.5 Å². The number of benzene rings is 2. The molecule has 0 fully saturated rings. The zero-order valence-electron chi connectivity index (χ0n) is 14.0. The fourth-order valence-corrected chi connectivity index (χ4v) is 2.92. The molecule has 0 N–H and O–H groups in total. The maximum absolute atomic E-state index is 11.9. The van der Waals surface area contributed by atoms with Gasteiger partial charge < -0.3 is 4.74 Å². The molecule has 0 spiro atoms. The monoisotopic (exact) mass is 354 g/mol. The van der Waals surface area contributed by atoms with E-state index in [2.05, 4.69) is 29.4 Å². The molecule has 0 aliphatic heterocycles. The second-order valence-electron chi connectivity index (χ2n) is 5.49. The van der Waals surface area contributed by atoms with Gasteiger partial charge >= 0.3 is 5.97 Å². The van der Waals surface area contributed by atoms with E-state index in [9.17, 15) is 4.79 Å². The summed E-state index contributed by atoms with van der Waals surface area (Å²) in [7, 11) is 0. The number of thioether (sulfide) groups is 1. The summed E-state index contributed by atoms with van der Waals surface area (Å²) in [6, 6.07) is 15.0. The third-order valence-corrected chi connectivity index (χ3v) is 4.62. The number of carbonyl (C=O) groups excluding carboxylic acids is 1. The standard InChI is InChI=1S/C18H18N4O2S/c1-13-8-9-16(12-14(13)2)22-18(19-20-21-22)25-11-10-24-17(23)15-6-4-3-5-7-15/h3-9,12H,10-11H2,1-2H3. The highest BCUT2D eigenvalue weighted by Crippen LogP contribution is 2.20. The molecule has 0 radical (unpaired) electrons. The molecule has 1 heterocycles. The first-order valence-electron chi connectivity index (χ1n) is 7.86. The molecule has 6 nitrogen and oxygen atoms in total. The largest absolute Gasteiger partial charge is 0.461 e. The summed E-state index contributed by atoms with van der Waals surface area (Å²) in [5.74, 6) is 0.249. The molecule has 7 heteroatoms. The lowest BCUT2D eigenvalue weighted by molar-refractivity contribution is 0.0530. The summed E-state index contributed by atoms with van der Waals surface area (Å²) >= 11 is 1.45. The van der Waals surface area contributed by atoms with E-state index < -0.39 is 0 Å². The van der Waals surface area contributed by atoms with Crippen molar-refractivity contribution in [1.82, 2.24) is 20.2 Å². The molecule has 3 aromatic rings. The minimum Gasteiger partial charge on any atom is -0.461 e. The minimum absolute atomic E-state index is 0.290. The number of esters is 1. The Morgan fingerprint density at radius 3 is 2.68 bits per heavy atom. The van der Waals surface area contributed by atoms with Crippen molar-refractivity contribution in [2.45, 2.75) is 19.0 Å². The van der Waals surface area contributed by atoms with Crippen LogP contribution in [0.3, 0.4) is 0 Å². The van der Waals surface area contributed by atoms with Gasteiger partial charge in [0.15, 0.2) is 0 Å². The van der Waals surface area contributed by atoms with Crippen molar-refractivity contribution < 1.29 is 9.53 Å². The Morgan fingerprint density at radius 2 is 1.92 bits per heavy atom. The fourth-order valence-electron chi connectivity index (χ4n) is 2.21. The van der Waals surface area contributed by atoms with E-state index in [-0.39, 0.29) is 12.6 Å². The van der Waals surface area contributed by atoms with E-state index in [0.29, 0.717) is 16.5 Å². The smallest absolute Gasteiger partial charge is 0.338 e. The van der Waals surface area contributed by atoms with Gasteiger partial charge in [0.1, 0.15) is 6.61 Å². The van der Waals surface area contributed by atoms with Crippen LogP contribution in [0.15, 0.2) is 53.7 Å². The lowest BCUT2D eigenvalue weighted by Gasteiger charge is -2.07. The minimum atomic E-state index is -0.324. The number of carbonyl (C=O) groups is 1. The molecule has 0 amide bonds. The summed E-state index contributed by atoms with van der Waals surface area (Å²) in [5.41, 5.74) is 3.86. The van der Waals surface area contributed by atoms with Gasteiger partial charge in [0.2, 0.25) is 5.16 Å². The summed E-state index contributed by atoms with van der Waals surface area (Å²) < 4.78 is 6.96. The average molecular weight is 354 g/mol. The number of aromatic nitrogens is 4. The number of hydrogen-bond donors (Lipinski definition) is 0. The van der Waals surface area contributed by atoms with E-state index in [0.717, 1.165) is 5.69 Å². The van der Waals surface area contributed by atoms with Crippen LogP contribution >= 0.6 is 11.8 Å². The topological polar surface area (TPSA) is 69.9 Å². The van der Waals surface area contributed by atoms with Crippen molar-refractivity contribution >= 4 is 17.7 Å². The normalized spacial score (nSPS) is 10.6. The number of tetrazole rings is 1. The summed E-state index contributed by atoms with van der Waals surface area (Å²) in [6.45, 7) is 4.41. The lowest BCUT2D eigenvalue weighted by atomic mass is 10.1. The first-order chi connectivity index (χ1) is 12.1. The molecule has 3 rings (SSSR count). The lowest BCUT2D eigenvalue weighted by Crippen LogP contribution is -2.08. The molecule has 0 aliphatic rings. The van der Waals surface area contributed by atoms with Gasteiger partial charge in [0.05, 0.1) is 11.3 Å². The zero-order valence-corrected chi connectivity index (χ0v) is 14.9. The van der Waals surface area contributed by atoms with Gasteiger partial charge in [-0.15, -0.1) is 5.10 Å². The van der Waals surface area contributed by atoms with Crippen molar-refractivity contribution in [3.05, 3.63) is 65.2 Å². The molecule has 128 valence electrons. The summed E-state index contributed by atoms with van der Waals surface area (Å²) in [5, 5.41) is 12.5. The predicted molar refractivity (Wildman–Crippen MR) is 96.1 cm³/mol. The highest BCUT2D eigenvalue weighted by molar-refractivity contribution is 7.99. The second-order valence-corrected chi connectivity index (χ2v) is 6.55. The van der Waals surface area contributed by atoms with E-state index in [4.69, 9.17) is 4.74 Å². The molecule has 0 saturated carbocycles. The van der Waals surface area contributed by atoms with E-state index >= 15 is 0 Å². The molecule has 2 aromatic carbocycles. The number of hydrogen-bond acceptors (Lipinski definition) is 6. The van der Waals surface area contributed by atoms with E-state index in [1.807, 2.05) is 36.4 Å². The van der Waals surface area contributed by atoms with Crippen LogP contribution in [0.2, 0.25) is 0 Å². The van der Waals surface area contributed by atoms with Crippen LogP contribution in [0.25, 0.3) is 5.69 Å². The van der Waals surface area contributed by atoms with Gasteiger partial charge in [-0.2, -0.15) is 4.68 Å². The fraction of sp³-hybridized carbons (Fsp3) is 0.222. The molecule has 0 unspecified atom stereocenters. The third-order valence-electron chi connectivity index (χ3n) is 3.73. The average Bonchev–Trinajstić information content (AvgIpc) is 3.10. The van der Waals surface area contributed by atoms with Crippen LogP contribution in [0.5, 0.6) is 0 Å². The van der Waals surface area contributed by atoms with Gasteiger partial charge in [-0.05, 0) is 59.7 Å². The molecule has 0 aliphatic carbocycles. The highest BCUT2D eigenvalue weighted by Gasteiger charge is 2.11. The Morgan fingerprint density at radius 1 is 1.12 bits per heavy atom. The Kier molecular flexibility index (Phi) is 5.45. The molecule has 1 aromatic heterocycles. The third kappa shape index (κ3) is 4.24. The highest BCUT2D eigenvalue weighted by atomic mass is 32.2. The van der Waals surface area contributed by atoms with Crippen LogP contribution in [0.4, 0.5) is 0 Å². The van der Waals surface area contributed by atoms with E-state index in [1.54, 1.807) is 16.8 Å². The quantitative estimate of drug-likeness (QED) is 0.384. The van der Waals surface area contributed by atoms with Crippen LogP contribution in [-0.2, 0) is 4.74 Å². The molecular formula is C18H18N4O2S. The number of ether oxygens (including phenoxy) is 1. The van der Waals surface area contributed by atoms with Crippen LogP contribution in [0.1, 0.15) is 21.5 Å². The maximum atomic E-state index is 11.9. The molecule has 0 atom stereocenters. The van der Waals surface area contributed by atoms with Gasteiger partial charge in [-0.3, -0.25) is 0 Å². The predicted octanol–water partition coefficient (Wildman–Crippen LogP) is 3.23. The van der Waals surface area contributed by atoms with Gasteiger partial charge in [-0.1, -0.05) is 36.0 Å². The van der Waals surface area contributed by atoms with Gasteiger partial charge in [0, 0.05) is 5.75 Å². The molecular weight excluding hydrogens is 336 g/mol. The first-order valence-corrected chi connectivity index (χ1v) is 8.84. The van der Waals surface area contributed by atoms with Crippen molar-refractivity contribution in [3.63, 3.8) is 0 Å². The van der Waals surface area contributed by atoms with Crippen molar-refractivity contribution in [1.29, 1.82) is 0 Å². The van der Waals surface area contributed by atoms with Crippen LogP contribution < -0.4 is 0 Å². The molecule has 25 heavy (non-hydrogen) atoms. The van der Waals surface area contributed by atoms with Gasteiger partial charge in [0.25, 0.3) is 0 Å². The summed E-state index contributed by atoms with van der Waals surface area (Å²) in [6.07, 6.45) is 0.